The Kier molecular flexibility index (Phi) is 5.15. The molecule has 124 valence electrons. The normalized spacial score (nSPS) is 14.5. The van der Waals surface area contributed by atoms with Crippen LogP contribution in [0.3, 0.4) is 0 Å². The fourth-order valence-corrected chi connectivity index (χ4v) is 2.60. The minimum Gasteiger partial charge on any atom is -0.362 e. The summed E-state index contributed by atoms with van der Waals surface area (Å²) < 4.78 is 0. The smallest absolute Gasteiger partial charge is 0.293 e. The van der Waals surface area contributed by atoms with Crippen LogP contribution in [0.1, 0.15) is 24.2 Å². The molecule has 0 saturated carbocycles. The fourth-order valence-electron chi connectivity index (χ4n) is 2.60. The van der Waals surface area contributed by atoms with Crippen molar-refractivity contribution in [2.75, 3.05) is 37.6 Å². The molecule has 1 aliphatic heterocycles. The lowest BCUT2D eigenvalue weighted by Crippen LogP contribution is -2.48. The second-order valence-electron chi connectivity index (χ2n) is 5.31. The molecule has 2 rings (SSSR count). The zero-order valence-corrected chi connectivity index (χ0v) is 13.2. The van der Waals surface area contributed by atoms with Gasteiger partial charge in [-0.3, -0.25) is 19.7 Å². The Bertz CT molecular complexity index is 624. The number of amides is 2. The number of nitrogens with one attached hydrogen (secondary N) is 1. The molecule has 0 atom stereocenters. The van der Waals surface area contributed by atoms with E-state index in [-0.39, 0.29) is 23.1 Å². The molecule has 0 radical (unpaired) electrons. The highest BCUT2D eigenvalue weighted by molar-refractivity contribution is 5.95. The van der Waals surface area contributed by atoms with Crippen LogP contribution in [0.2, 0.25) is 0 Å². The summed E-state index contributed by atoms with van der Waals surface area (Å²) in [6.07, 6.45) is 0. The van der Waals surface area contributed by atoms with Crippen molar-refractivity contribution in [3.63, 3.8) is 0 Å². The largest absolute Gasteiger partial charge is 0.362 e. The van der Waals surface area contributed by atoms with Crippen LogP contribution in [-0.2, 0) is 4.79 Å². The maximum Gasteiger partial charge on any atom is 0.293 e. The third-order valence-electron chi connectivity index (χ3n) is 3.84. The van der Waals surface area contributed by atoms with Crippen molar-refractivity contribution in [3.8, 4) is 0 Å². The van der Waals surface area contributed by atoms with Gasteiger partial charge in [0.05, 0.1) is 4.92 Å². The minimum atomic E-state index is -0.477. The number of piperazine rings is 1. The highest BCUT2D eigenvalue weighted by Gasteiger charge is 2.25. The van der Waals surface area contributed by atoms with Crippen molar-refractivity contribution in [1.29, 1.82) is 0 Å². The van der Waals surface area contributed by atoms with Gasteiger partial charge in [0.25, 0.3) is 11.6 Å². The van der Waals surface area contributed by atoms with Gasteiger partial charge in [0.15, 0.2) is 0 Å². The molecule has 1 aromatic carbocycles. The van der Waals surface area contributed by atoms with E-state index in [1.54, 1.807) is 24.0 Å². The maximum absolute atomic E-state index is 11.8. The molecule has 0 aromatic heterocycles. The number of hydrogen-bond acceptors (Lipinski definition) is 5. The van der Waals surface area contributed by atoms with Crippen LogP contribution in [0.5, 0.6) is 0 Å². The topological polar surface area (TPSA) is 95.8 Å². The predicted molar refractivity (Wildman–Crippen MR) is 85.6 cm³/mol. The van der Waals surface area contributed by atoms with E-state index in [4.69, 9.17) is 0 Å². The first kappa shape index (κ1) is 16.7. The first-order chi connectivity index (χ1) is 10.9. The predicted octanol–water partition coefficient (Wildman–Crippen LogP) is 1.01. The SMILES string of the molecule is CCNC(=O)c1ccc(N2CCN(C(C)=O)CC2)c([N+](=O)[O-])c1. The summed E-state index contributed by atoms with van der Waals surface area (Å²) in [6.45, 7) is 5.88. The van der Waals surface area contributed by atoms with Crippen LogP contribution in [0.4, 0.5) is 11.4 Å². The molecule has 0 aliphatic carbocycles. The number of anilines is 1. The van der Waals surface area contributed by atoms with Crippen LogP contribution >= 0.6 is 0 Å². The lowest BCUT2D eigenvalue weighted by atomic mass is 10.1. The number of benzene rings is 1. The average molecular weight is 320 g/mol. The van der Waals surface area contributed by atoms with Crippen LogP contribution in [-0.4, -0.2) is 54.4 Å². The average Bonchev–Trinajstić information content (AvgIpc) is 2.54. The second-order valence-corrected chi connectivity index (χ2v) is 5.31. The lowest BCUT2D eigenvalue weighted by Gasteiger charge is -2.35. The Morgan fingerprint density at radius 1 is 1.26 bits per heavy atom. The lowest BCUT2D eigenvalue weighted by molar-refractivity contribution is -0.384. The summed E-state index contributed by atoms with van der Waals surface area (Å²) in [7, 11) is 0. The molecule has 0 spiro atoms. The van der Waals surface area contributed by atoms with E-state index in [9.17, 15) is 19.7 Å². The van der Waals surface area contributed by atoms with Gasteiger partial charge in [-0.1, -0.05) is 0 Å². The van der Waals surface area contributed by atoms with Gasteiger partial charge >= 0.3 is 0 Å². The molecule has 0 bridgehead atoms. The van der Waals surface area contributed by atoms with E-state index in [1.807, 2.05) is 4.90 Å². The number of rotatable bonds is 4. The van der Waals surface area contributed by atoms with E-state index in [0.29, 0.717) is 38.4 Å². The molecule has 1 N–H and O–H groups in total. The number of carbonyl (C=O) groups is 2. The molecule has 1 aliphatic rings. The van der Waals surface area contributed by atoms with Crippen molar-refractivity contribution in [3.05, 3.63) is 33.9 Å². The van der Waals surface area contributed by atoms with Crippen molar-refractivity contribution in [1.82, 2.24) is 10.2 Å². The van der Waals surface area contributed by atoms with Crippen LogP contribution in [0.25, 0.3) is 0 Å². The Labute approximate surface area is 134 Å². The van der Waals surface area contributed by atoms with Crippen LogP contribution in [0, 0.1) is 10.1 Å². The van der Waals surface area contributed by atoms with E-state index < -0.39 is 4.92 Å². The van der Waals surface area contributed by atoms with E-state index in [2.05, 4.69) is 5.32 Å². The van der Waals surface area contributed by atoms with Crippen molar-refractivity contribution >= 4 is 23.2 Å². The standard InChI is InChI=1S/C15H20N4O4/c1-3-16-15(21)12-4-5-13(14(10-12)19(22)23)18-8-6-17(7-9-18)11(2)20/h4-5,10H,3,6-9H2,1-2H3,(H,16,21). The van der Waals surface area contributed by atoms with Gasteiger partial charge in [0.2, 0.25) is 5.91 Å². The number of hydrogen-bond donors (Lipinski definition) is 1. The number of carbonyl (C=O) groups excluding carboxylic acids is 2. The molecule has 1 fully saturated rings. The molecule has 23 heavy (non-hydrogen) atoms. The van der Waals surface area contributed by atoms with Gasteiger partial charge in [-0.2, -0.15) is 0 Å². The van der Waals surface area contributed by atoms with Gasteiger partial charge in [0, 0.05) is 51.3 Å². The van der Waals surface area contributed by atoms with Gasteiger partial charge in [-0.15, -0.1) is 0 Å². The Morgan fingerprint density at radius 2 is 1.91 bits per heavy atom. The zero-order valence-electron chi connectivity index (χ0n) is 13.2. The van der Waals surface area contributed by atoms with Crippen molar-refractivity contribution in [2.24, 2.45) is 0 Å². The molecule has 8 heteroatoms. The summed E-state index contributed by atoms with van der Waals surface area (Å²) in [5.41, 5.74) is 0.654. The highest BCUT2D eigenvalue weighted by Crippen LogP contribution is 2.30. The zero-order chi connectivity index (χ0) is 17.0. The highest BCUT2D eigenvalue weighted by atomic mass is 16.6. The third-order valence-corrected chi connectivity index (χ3v) is 3.84. The summed E-state index contributed by atoms with van der Waals surface area (Å²) in [6, 6.07) is 4.49. The number of nitrogens with zero attached hydrogens (tertiary/aromatic N) is 3. The van der Waals surface area contributed by atoms with Gasteiger partial charge in [-0.25, -0.2) is 0 Å². The summed E-state index contributed by atoms with van der Waals surface area (Å²) in [5.74, 6) is -0.325. The maximum atomic E-state index is 11.8. The quantitative estimate of drug-likeness (QED) is 0.660. The van der Waals surface area contributed by atoms with Gasteiger partial charge in [0.1, 0.15) is 5.69 Å². The Morgan fingerprint density at radius 3 is 2.43 bits per heavy atom. The molecule has 1 saturated heterocycles. The van der Waals surface area contributed by atoms with Crippen LogP contribution in [0.15, 0.2) is 18.2 Å². The summed E-state index contributed by atoms with van der Waals surface area (Å²) in [4.78, 5) is 37.6. The summed E-state index contributed by atoms with van der Waals surface area (Å²) >= 11 is 0. The first-order valence-corrected chi connectivity index (χ1v) is 7.51. The molecule has 0 unspecified atom stereocenters. The van der Waals surface area contributed by atoms with E-state index in [1.165, 1.54) is 13.0 Å². The number of nitro benzene ring substituents is 1. The monoisotopic (exact) mass is 320 g/mol. The molecular formula is C15H20N4O4. The molecule has 2 amide bonds. The molecule has 1 heterocycles. The fraction of sp³-hybridized carbons (Fsp3) is 0.467. The second kappa shape index (κ2) is 7.08. The molecular weight excluding hydrogens is 300 g/mol. The minimum absolute atomic E-state index is 0.00531. The van der Waals surface area contributed by atoms with Gasteiger partial charge < -0.3 is 15.1 Å². The van der Waals surface area contributed by atoms with E-state index in [0.717, 1.165) is 0 Å². The van der Waals surface area contributed by atoms with Crippen molar-refractivity contribution < 1.29 is 14.5 Å². The van der Waals surface area contributed by atoms with Crippen LogP contribution < -0.4 is 10.2 Å². The van der Waals surface area contributed by atoms with E-state index >= 15 is 0 Å². The Hall–Kier alpha value is -2.64. The van der Waals surface area contributed by atoms with Gasteiger partial charge in [-0.05, 0) is 19.1 Å². The summed E-state index contributed by atoms with van der Waals surface area (Å²) in [5, 5.41) is 14.0. The first-order valence-electron chi connectivity index (χ1n) is 7.51. The van der Waals surface area contributed by atoms with Crippen molar-refractivity contribution in [2.45, 2.75) is 13.8 Å². The molecule has 8 nitrogen and oxygen atoms in total. The Balaban J connectivity index is 2.24. The third kappa shape index (κ3) is 3.77. The number of nitro groups is 1. The molecule has 1 aromatic rings.